The maximum absolute atomic E-state index is 2.59. The average Bonchev–Trinajstić information content (AvgIpc) is 1.89. The second kappa shape index (κ2) is 3.05. The van der Waals surface area contributed by atoms with Crippen LogP contribution >= 0.6 is 0 Å². The van der Waals surface area contributed by atoms with Crippen LogP contribution in [0.1, 0.15) is 11.1 Å². The van der Waals surface area contributed by atoms with Crippen LogP contribution in [0.25, 0.3) is 0 Å². The minimum atomic E-state index is 1.08. The molecule has 48 valence electrons. The molecule has 0 aliphatic heterocycles. The van der Waals surface area contributed by atoms with Crippen molar-refractivity contribution in [1.82, 2.24) is 0 Å². The van der Waals surface area contributed by atoms with Crippen molar-refractivity contribution in [3.05, 3.63) is 35.4 Å². The molecule has 0 saturated heterocycles. The second-order valence-electron chi connectivity index (χ2n) is 2.08. The molecule has 0 amide bonds. The molecule has 0 aliphatic carbocycles. The zero-order valence-corrected chi connectivity index (χ0v) is 7.34. The summed E-state index contributed by atoms with van der Waals surface area (Å²) in [6.45, 7) is 2.14. The van der Waals surface area contributed by atoms with Gasteiger partial charge in [-0.05, 0) is 0 Å². The van der Waals surface area contributed by atoms with Crippen molar-refractivity contribution in [3.8, 4) is 0 Å². The monoisotopic (exact) mass is 186 g/mol. The Kier molecular flexibility index (Phi) is 2.32. The number of hydrogen-bond acceptors (Lipinski definition) is 0. The molecule has 1 aromatic carbocycles. The fourth-order valence-corrected chi connectivity index (χ4v) is 1.53. The molecule has 1 heteroatoms. The zero-order chi connectivity index (χ0) is 6.69. The topological polar surface area (TPSA) is 0 Å². The van der Waals surface area contributed by atoms with Gasteiger partial charge in [0.15, 0.2) is 0 Å². The summed E-state index contributed by atoms with van der Waals surface area (Å²) in [5.74, 6) is 0. The van der Waals surface area contributed by atoms with Crippen LogP contribution in [0, 0.1) is 6.92 Å². The molecule has 0 aliphatic rings. The molecule has 1 rings (SSSR count). The van der Waals surface area contributed by atoms with E-state index in [1.807, 2.05) is 0 Å². The van der Waals surface area contributed by atoms with E-state index in [2.05, 4.69) is 47.2 Å². The summed E-state index contributed by atoms with van der Waals surface area (Å²) in [7, 11) is 0. The van der Waals surface area contributed by atoms with Crippen LogP contribution in [0.3, 0.4) is 0 Å². The van der Waals surface area contributed by atoms with Crippen LogP contribution in [-0.4, -0.2) is 16.0 Å². The van der Waals surface area contributed by atoms with E-state index in [4.69, 9.17) is 0 Å². The first-order valence-corrected chi connectivity index (χ1v) is 4.32. The molecule has 0 bridgehead atoms. The Hall–Kier alpha value is -0.261. The summed E-state index contributed by atoms with van der Waals surface area (Å²) in [5, 5.41) is 1.08. The van der Waals surface area contributed by atoms with E-state index in [0.717, 1.165) is 5.32 Å². The van der Waals surface area contributed by atoms with Crippen LogP contribution in [0.5, 0.6) is 0 Å². The van der Waals surface area contributed by atoms with Crippen LogP contribution < -0.4 is 0 Å². The first-order valence-electron chi connectivity index (χ1n) is 3.00. The van der Waals surface area contributed by atoms with Gasteiger partial charge in [0.25, 0.3) is 0 Å². The van der Waals surface area contributed by atoms with Gasteiger partial charge in [-0.25, -0.2) is 0 Å². The van der Waals surface area contributed by atoms with E-state index < -0.39 is 0 Å². The van der Waals surface area contributed by atoms with Crippen molar-refractivity contribution in [1.29, 1.82) is 0 Å². The average molecular weight is 185 g/mol. The summed E-state index contributed by atoms with van der Waals surface area (Å²) in [6.07, 6.45) is 0. The fourth-order valence-electron chi connectivity index (χ4n) is 0.787. The van der Waals surface area contributed by atoms with E-state index >= 15 is 0 Å². The van der Waals surface area contributed by atoms with Gasteiger partial charge in [-0.2, -0.15) is 0 Å². The van der Waals surface area contributed by atoms with E-state index in [1.54, 1.807) is 0 Å². The van der Waals surface area contributed by atoms with Gasteiger partial charge in [0.2, 0.25) is 0 Å². The van der Waals surface area contributed by atoms with Gasteiger partial charge < -0.3 is 0 Å². The summed E-state index contributed by atoms with van der Waals surface area (Å²) in [5.41, 5.74) is 2.82. The molecule has 0 unspecified atom stereocenters. The first-order chi connectivity index (χ1) is 4.34. The van der Waals surface area contributed by atoms with Gasteiger partial charge in [0.1, 0.15) is 0 Å². The second-order valence-corrected chi connectivity index (χ2v) is 2.75. The Bertz CT molecular complexity index is 194. The Balaban J connectivity index is 3.01. The van der Waals surface area contributed by atoms with Crippen LogP contribution in [0.4, 0.5) is 0 Å². The van der Waals surface area contributed by atoms with E-state index in [-0.39, 0.29) is 0 Å². The number of benzene rings is 1. The Labute approximate surface area is 64.1 Å². The zero-order valence-electron chi connectivity index (χ0n) is 5.46. The van der Waals surface area contributed by atoms with Crippen molar-refractivity contribution >= 4 is 16.0 Å². The van der Waals surface area contributed by atoms with E-state index in [1.165, 1.54) is 11.1 Å². The number of aryl methyl sites for hydroxylation is 1. The number of rotatable bonds is 1. The Morgan fingerprint density at radius 1 is 1.33 bits per heavy atom. The molecule has 9 heavy (non-hydrogen) atoms. The molecule has 0 heterocycles. The molecule has 0 radical (unpaired) electrons. The van der Waals surface area contributed by atoms with Gasteiger partial charge in [0, 0.05) is 0 Å². The standard InChI is InChI=1S/C8H10Se/c1-7-4-2-3-5-8(7)6-9/h2-5,9H,6H2,1H3. The van der Waals surface area contributed by atoms with Gasteiger partial charge in [-0.3, -0.25) is 0 Å². The van der Waals surface area contributed by atoms with Gasteiger partial charge in [0.05, 0.1) is 0 Å². The maximum atomic E-state index is 2.59. The third-order valence-corrected chi connectivity index (χ3v) is 2.15. The first kappa shape index (κ1) is 6.85. The molecule has 0 saturated carbocycles. The molecule has 0 aromatic heterocycles. The molecular formula is C8H10Se. The SMILES string of the molecule is Cc1ccccc1C[SeH]. The molecule has 0 N–H and O–H groups in total. The van der Waals surface area contributed by atoms with Crippen LogP contribution in [0.2, 0.25) is 0 Å². The summed E-state index contributed by atoms with van der Waals surface area (Å²) >= 11 is 2.59. The molecule has 0 fully saturated rings. The summed E-state index contributed by atoms with van der Waals surface area (Å²) in [4.78, 5) is 0. The summed E-state index contributed by atoms with van der Waals surface area (Å²) < 4.78 is 0. The van der Waals surface area contributed by atoms with Crippen molar-refractivity contribution in [2.75, 3.05) is 0 Å². The van der Waals surface area contributed by atoms with Crippen LogP contribution in [0.15, 0.2) is 24.3 Å². The van der Waals surface area contributed by atoms with E-state index in [0.29, 0.717) is 0 Å². The van der Waals surface area contributed by atoms with E-state index in [9.17, 15) is 0 Å². The van der Waals surface area contributed by atoms with Crippen molar-refractivity contribution in [2.24, 2.45) is 0 Å². The Morgan fingerprint density at radius 3 is 2.44 bits per heavy atom. The number of hydrogen-bond donors (Lipinski definition) is 0. The predicted molar refractivity (Wildman–Crippen MR) is 42.0 cm³/mol. The van der Waals surface area contributed by atoms with Gasteiger partial charge in [-0.1, -0.05) is 0 Å². The molecular weight excluding hydrogens is 175 g/mol. The fraction of sp³-hybridized carbons (Fsp3) is 0.250. The molecule has 0 spiro atoms. The minimum absolute atomic E-state index is 1.08. The predicted octanol–water partition coefficient (Wildman–Crippen LogP) is 1.40. The molecule has 0 atom stereocenters. The van der Waals surface area contributed by atoms with Crippen molar-refractivity contribution in [2.45, 2.75) is 12.2 Å². The quantitative estimate of drug-likeness (QED) is 0.580. The van der Waals surface area contributed by atoms with Crippen LogP contribution in [-0.2, 0) is 5.32 Å². The third kappa shape index (κ3) is 1.57. The van der Waals surface area contributed by atoms with Gasteiger partial charge in [-0.15, -0.1) is 0 Å². The van der Waals surface area contributed by atoms with Gasteiger partial charge >= 0.3 is 63.6 Å². The molecule has 1 aromatic rings. The molecule has 0 nitrogen and oxygen atoms in total. The third-order valence-electron chi connectivity index (χ3n) is 1.43. The normalized spacial score (nSPS) is 9.56. The van der Waals surface area contributed by atoms with Crippen molar-refractivity contribution in [3.63, 3.8) is 0 Å². The summed E-state index contributed by atoms with van der Waals surface area (Å²) in [6, 6.07) is 8.45. The Morgan fingerprint density at radius 2 is 2.00 bits per heavy atom. The van der Waals surface area contributed by atoms with Crippen molar-refractivity contribution < 1.29 is 0 Å².